The van der Waals surface area contributed by atoms with Gasteiger partial charge in [-0.1, -0.05) is 42.5 Å². The molecule has 0 radical (unpaired) electrons. The van der Waals surface area contributed by atoms with E-state index in [2.05, 4.69) is 10.9 Å². The summed E-state index contributed by atoms with van der Waals surface area (Å²) in [5.74, 6) is 0.825. The molecule has 0 aromatic heterocycles. The summed E-state index contributed by atoms with van der Waals surface area (Å²) in [4.78, 5) is 0.659. The zero-order valence-electron chi connectivity index (χ0n) is 10.0. The van der Waals surface area contributed by atoms with E-state index in [0.29, 0.717) is 4.99 Å². The Morgan fingerprint density at radius 2 is 1.67 bits per heavy atom. The number of nitrogens with one attached hydrogen (secondary N) is 2. The van der Waals surface area contributed by atoms with Crippen LogP contribution in [0.3, 0.4) is 0 Å². The average molecular weight is 258 g/mol. The van der Waals surface area contributed by atoms with Gasteiger partial charge in [0.15, 0.2) is 0 Å². The summed E-state index contributed by atoms with van der Waals surface area (Å²) in [6.07, 6.45) is 0. The van der Waals surface area contributed by atoms with Crippen LogP contribution in [0.4, 0.5) is 5.69 Å². The molecule has 2 N–H and O–H groups in total. The van der Waals surface area contributed by atoms with Gasteiger partial charge in [-0.3, -0.25) is 5.43 Å². The highest BCUT2D eigenvalue weighted by atomic mass is 32.1. The van der Waals surface area contributed by atoms with Gasteiger partial charge in [0.1, 0.15) is 10.7 Å². The first-order valence-corrected chi connectivity index (χ1v) is 5.96. The van der Waals surface area contributed by atoms with Crippen LogP contribution < -0.4 is 15.6 Å². The molecule has 0 heterocycles. The molecule has 0 aliphatic carbocycles. The van der Waals surface area contributed by atoms with Crippen LogP contribution in [-0.2, 0) is 0 Å². The molecule has 0 bridgehead atoms. The summed E-state index contributed by atoms with van der Waals surface area (Å²) >= 11 is 5.27. The summed E-state index contributed by atoms with van der Waals surface area (Å²) < 4.78 is 5.09. The molecule has 0 atom stereocenters. The summed E-state index contributed by atoms with van der Waals surface area (Å²) in [7, 11) is 1.64. The third-order valence-corrected chi connectivity index (χ3v) is 2.78. The van der Waals surface area contributed by atoms with Crippen molar-refractivity contribution in [2.24, 2.45) is 0 Å². The number of methoxy groups -OCH3 is 1. The third kappa shape index (κ3) is 3.21. The van der Waals surface area contributed by atoms with Crippen LogP contribution in [-0.4, -0.2) is 12.1 Å². The first kappa shape index (κ1) is 12.4. The van der Waals surface area contributed by atoms with E-state index in [1.54, 1.807) is 7.11 Å². The molecule has 0 aliphatic heterocycles. The number of rotatable bonds is 4. The van der Waals surface area contributed by atoms with E-state index in [1.807, 2.05) is 54.6 Å². The highest BCUT2D eigenvalue weighted by Crippen LogP contribution is 2.14. The minimum Gasteiger partial charge on any atom is -0.497 e. The Kier molecular flexibility index (Phi) is 4.15. The molecule has 0 saturated heterocycles. The lowest BCUT2D eigenvalue weighted by molar-refractivity contribution is 0.415. The summed E-state index contributed by atoms with van der Waals surface area (Å²) in [6, 6.07) is 17.4. The van der Waals surface area contributed by atoms with Gasteiger partial charge in [-0.25, -0.2) is 0 Å². The minimum absolute atomic E-state index is 0.659. The Labute approximate surface area is 112 Å². The monoisotopic (exact) mass is 258 g/mol. The van der Waals surface area contributed by atoms with Gasteiger partial charge >= 0.3 is 0 Å². The van der Waals surface area contributed by atoms with Crippen LogP contribution in [0.5, 0.6) is 5.75 Å². The fourth-order valence-electron chi connectivity index (χ4n) is 1.46. The predicted molar refractivity (Wildman–Crippen MR) is 77.9 cm³/mol. The zero-order chi connectivity index (χ0) is 12.8. The second-order valence-corrected chi connectivity index (χ2v) is 4.08. The van der Waals surface area contributed by atoms with E-state index >= 15 is 0 Å². The maximum absolute atomic E-state index is 5.27. The molecule has 92 valence electrons. The Morgan fingerprint density at radius 3 is 2.28 bits per heavy atom. The highest BCUT2D eigenvalue weighted by Gasteiger charge is 1.99. The quantitative estimate of drug-likeness (QED) is 0.652. The van der Waals surface area contributed by atoms with Gasteiger partial charge in [0.2, 0.25) is 0 Å². The van der Waals surface area contributed by atoms with Crippen molar-refractivity contribution >= 4 is 22.9 Å². The maximum atomic E-state index is 5.27. The summed E-state index contributed by atoms with van der Waals surface area (Å²) in [5, 5.41) is 0. The molecular weight excluding hydrogens is 244 g/mol. The molecule has 4 heteroatoms. The van der Waals surface area contributed by atoms with Crippen LogP contribution in [0.25, 0.3) is 0 Å². The van der Waals surface area contributed by atoms with Gasteiger partial charge in [-0.2, -0.15) is 0 Å². The molecule has 0 fully saturated rings. The minimum atomic E-state index is 0.659. The van der Waals surface area contributed by atoms with Crippen molar-refractivity contribution in [1.82, 2.24) is 5.43 Å². The first-order valence-electron chi connectivity index (χ1n) is 5.55. The van der Waals surface area contributed by atoms with Gasteiger partial charge in [0.05, 0.1) is 12.8 Å². The maximum Gasteiger partial charge on any atom is 0.125 e. The first-order chi connectivity index (χ1) is 8.79. The molecule has 2 aromatic rings. The topological polar surface area (TPSA) is 33.3 Å². The Bertz CT molecular complexity index is 511. The predicted octanol–water partition coefficient (Wildman–Crippen LogP) is 2.99. The fraction of sp³-hybridized carbons (Fsp3) is 0.0714. The van der Waals surface area contributed by atoms with Gasteiger partial charge in [0, 0.05) is 5.56 Å². The largest absolute Gasteiger partial charge is 0.497 e. The van der Waals surface area contributed by atoms with Crippen molar-refractivity contribution in [3.8, 4) is 5.75 Å². The van der Waals surface area contributed by atoms with Crippen LogP contribution in [0, 0.1) is 0 Å². The summed E-state index contributed by atoms with van der Waals surface area (Å²) in [6.45, 7) is 0. The van der Waals surface area contributed by atoms with Gasteiger partial charge < -0.3 is 10.2 Å². The number of anilines is 1. The molecule has 0 saturated carbocycles. The number of thiocarbonyl (C=S) groups is 1. The number of ether oxygens (including phenoxy) is 1. The number of hydrazine groups is 1. The van der Waals surface area contributed by atoms with E-state index < -0.39 is 0 Å². The van der Waals surface area contributed by atoms with Crippen LogP contribution in [0.2, 0.25) is 0 Å². The van der Waals surface area contributed by atoms with E-state index in [1.165, 1.54) is 0 Å². The smallest absolute Gasteiger partial charge is 0.125 e. The third-order valence-electron chi connectivity index (χ3n) is 2.45. The van der Waals surface area contributed by atoms with E-state index in [4.69, 9.17) is 17.0 Å². The second kappa shape index (κ2) is 6.02. The average Bonchev–Trinajstić information content (AvgIpc) is 2.46. The molecule has 18 heavy (non-hydrogen) atoms. The van der Waals surface area contributed by atoms with Gasteiger partial charge in [0.25, 0.3) is 0 Å². The van der Waals surface area contributed by atoms with Crippen molar-refractivity contribution in [3.63, 3.8) is 0 Å². The Morgan fingerprint density at radius 1 is 1.00 bits per heavy atom. The van der Waals surface area contributed by atoms with Gasteiger partial charge in [-0.15, -0.1) is 0 Å². The standard InChI is InChI=1S/C14H14N2OS/c1-17-13-9-7-12(8-10-13)15-16-14(18)11-5-3-2-4-6-11/h2-10,15H,1H3,(H,16,18). The molecule has 2 aromatic carbocycles. The van der Waals surface area contributed by atoms with Gasteiger partial charge in [-0.05, 0) is 24.3 Å². The number of hydrogen-bond donors (Lipinski definition) is 2. The molecule has 0 spiro atoms. The van der Waals surface area contributed by atoms with E-state index in [0.717, 1.165) is 17.0 Å². The normalized spacial score (nSPS) is 9.61. The van der Waals surface area contributed by atoms with Crippen molar-refractivity contribution in [2.45, 2.75) is 0 Å². The fourth-order valence-corrected chi connectivity index (χ4v) is 1.65. The molecule has 2 rings (SSSR count). The van der Waals surface area contributed by atoms with Crippen molar-refractivity contribution in [3.05, 3.63) is 60.2 Å². The molecular formula is C14H14N2OS. The van der Waals surface area contributed by atoms with E-state index in [-0.39, 0.29) is 0 Å². The van der Waals surface area contributed by atoms with Crippen molar-refractivity contribution in [2.75, 3.05) is 12.5 Å². The van der Waals surface area contributed by atoms with E-state index in [9.17, 15) is 0 Å². The lowest BCUT2D eigenvalue weighted by atomic mass is 10.2. The van der Waals surface area contributed by atoms with Crippen LogP contribution in [0.1, 0.15) is 5.56 Å². The number of benzene rings is 2. The Balaban J connectivity index is 1.93. The molecule has 0 amide bonds. The summed E-state index contributed by atoms with van der Waals surface area (Å²) in [5.41, 5.74) is 7.95. The molecule has 3 nitrogen and oxygen atoms in total. The molecule has 0 unspecified atom stereocenters. The Hall–Kier alpha value is -2.07. The second-order valence-electron chi connectivity index (χ2n) is 3.67. The lowest BCUT2D eigenvalue weighted by Crippen LogP contribution is -2.28. The van der Waals surface area contributed by atoms with Crippen molar-refractivity contribution in [1.29, 1.82) is 0 Å². The zero-order valence-corrected chi connectivity index (χ0v) is 10.8. The van der Waals surface area contributed by atoms with Crippen molar-refractivity contribution < 1.29 is 4.74 Å². The SMILES string of the molecule is COc1ccc(NNC(=S)c2ccccc2)cc1. The van der Waals surface area contributed by atoms with Crippen LogP contribution in [0.15, 0.2) is 54.6 Å². The lowest BCUT2D eigenvalue weighted by Gasteiger charge is -2.11. The number of hydrogen-bond acceptors (Lipinski definition) is 3. The highest BCUT2D eigenvalue weighted by molar-refractivity contribution is 7.80. The molecule has 0 aliphatic rings. The van der Waals surface area contributed by atoms with Crippen LogP contribution >= 0.6 is 12.2 Å².